The summed E-state index contributed by atoms with van der Waals surface area (Å²) in [5, 5.41) is 8.51. The third-order valence-corrected chi connectivity index (χ3v) is 5.24. The largest absolute Gasteiger partial charge is 0.383 e. The van der Waals surface area contributed by atoms with Crippen molar-refractivity contribution in [3.8, 4) is 0 Å². The van der Waals surface area contributed by atoms with Crippen molar-refractivity contribution in [3.05, 3.63) is 72.3 Å². The van der Waals surface area contributed by atoms with E-state index in [-0.39, 0.29) is 0 Å². The Morgan fingerprint density at radius 1 is 1.23 bits per heavy atom. The molecule has 0 radical (unpaired) electrons. The highest BCUT2D eigenvalue weighted by molar-refractivity contribution is 6.16. The molecule has 0 amide bonds. The van der Waals surface area contributed by atoms with Crippen LogP contribution in [0.4, 0.5) is 11.6 Å². The van der Waals surface area contributed by atoms with E-state index in [4.69, 9.17) is 20.1 Å². The van der Waals surface area contributed by atoms with E-state index in [1.54, 1.807) is 19.5 Å². The molecule has 7 heteroatoms. The van der Waals surface area contributed by atoms with Crippen LogP contribution in [0, 0.1) is 5.41 Å². The van der Waals surface area contributed by atoms with Crippen molar-refractivity contribution < 1.29 is 4.74 Å². The van der Waals surface area contributed by atoms with E-state index in [0.29, 0.717) is 42.1 Å². The number of aromatic nitrogens is 3. The third kappa shape index (κ3) is 4.63. The molecule has 30 heavy (non-hydrogen) atoms. The number of pyridine rings is 1. The number of aromatic amines is 1. The van der Waals surface area contributed by atoms with Gasteiger partial charge in [0.1, 0.15) is 5.82 Å². The summed E-state index contributed by atoms with van der Waals surface area (Å²) in [5.41, 5.74) is 2.05. The average Bonchev–Trinajstić information content (AvgIpc) is 3.47. The maximum Gasteiger partial charge on any atom is 0.154 e. The first-order valence-corrected chi connectivity index (χ1v) is 10.2. The number of ether oxygens (including phenoxy) is 1. The van der Waals surface area contributed by atoms with Gasteiger partial charge in [0.05, 0.1) is 18.4 Å². The first kappa shape index (κ1) is 20.0. The minimum absolute atomic E-state index is 0.345. The van der Waals surface area contributed by atoms with E-state index >= 15 is 0 Å². The molecule has 1 aliphatic rings. The van der Waals surface area contributed by atoms with Crippen molar-refractivity contribution in [1.29, 1.82) is 5.41 Å². The molecule has 4 rings (SSSR count). The van der Waals surface area contributed by atoms with Crippen LogP contribution in [-0.2, 0) is 4.74 Å². The summed E-state index contributed by atoms with van der Waals surface area (Å²) < 4.78 is 5.37. The van der Waals surface area contributed by atoms with Gasteiger partial charge in [0.2, 0.25) is 0 Å². The molecule has 1 saturated heterocycles. The smallest absolute Gasteiger partial charge is 0.154 e. The lowest BCUT2D eigenvalue weighted by Gasteiger charge is -2.25. The zero-order valence-electron chi connectivity index (χ0n) is 17.1. The van der Waals surface area contributed by atoms with E-state index in [0.717, 1.165) is 30.8 Å². The van der Waals surface area contributed by atoms with Gasteiger partial charge < -0.3 is 20.0 Å². The quantitative estimate of drug-likeness (QED) is 0.557. The fourth-order valence-electron chi connectivity index (χ4n) is 3.78. The Hall–Kier alpha value is -3.32. The van der Waals surface area contributed by atoms with Crippen LogP contribution in [0.1, 0.15) is 30.7 Å². The number of methoxy groups -OCH3 is 1. The Labute approximate surface area is 176 Å². The standard InChI is InChI=1S/C23H26N6O/c1-30-16-18-9-6-14-29(18)22-11-5-10-21(28-22)27-20(23-25-12-13-26-23)15-19(24)17-7-3-2-4-8-17/h2-5,7-8,10-13,18,24H,6,9,14-16H2,1H3,(H,25,26). The van der Waals surface area contributed by atoms with Crippen LogP contribution < -0.4 is 4.90 Å². The number of aliphatic imine (C=N–C) groups is 1. The highest BCUT2D eigenvalue weighted by Gasteiger charge is 2.25. The van der Waals surface area contributed by atoms with E-state index in [2.05, 4.69) is 14.9 Å². The Morgan fingerprint density at radius 2 is 2.10 bits per heavy atom. The van der Waals surface area contributed by atoms with Crippen LogP contribution in [0.2, 0.25) is 0 Å². The number of hydrogen-bond acceptors (Lipinski definition) is 6. The molecule has 1 atom stereocenters. The molecular weight excluding hydrogens is 376 g/mol. The Kier molecular flexibility index (Phi) is 6.29. The molecule has 0 spiro atoms. The normalized spacial score (nSPS) is 16.8. The van der Waals surface area contributed by atoms with E-state index in [1.165, 1.54) is 0 Å². The highest BCUT2D eigenvalue weighted by Crippen LogP contribution is 2.26. The number of rotatable bonds is 8. The molecule has 0 saturated carbocycles. The minimum Gasteiger partial charge on any atom is -0.383 e. The molecule has 1 unspecified atom stereocenters. The van der Waals surface area contributed by atoms with Gasteiger partial charge in [-0.3, -0.25) is 0 Å². The number of hydrogen-bond donors (Lipinski definition) is 2. The Morgan fingerprint density at radius 3 is 2.87 bits per heavy atom. The van der Waals surface area contributed by atoms with Gasteiger partial charge in [-0.15, -0.1) is 0 Å². The monoisotopic (exact) mass is 402 g/mol. The number of benzene rings is 1. The second-order valence-electron chi connectivity index (χ2n) is 7.32. The Balaban J connectivity index is 1.61. The van der Waals surface area contributed by atoms with Crippen LogP contribution >= 0.6 is 0 Å². The zero-order valence-corrected chi connectivity index (χ0v) is 17.1. The van der Waals surface area contributed by atoms with Gasteiger partial charge in [0.15, 0.2) is 11.6 Å². The topological polar surface area (TPSA) is 90.2 Å². The zero-order chi connectivity index (χ0) is 20.8. The van der Waals surface area contributed by atoms with E-state index in [1.807, 2.05) is 48.5 Å². The minimum atomic E-state index is 0.345. The van der Waals surface area contributed by atoms with Gasteiger partial charge in [-0.05, 0) is 30.5 Å². The van der Waals surface area contributed by atoms with Crippen molar-refractivity contribution in [3.63, 3.8) is 0 Å². The van der Waals surface area contributed by atoms with Crippen LogP contribution in [-0.4, -0.2) is 52.7 Å². The third-order valence-electron chi connectivity index (χ3n) is 5.24. The van der Waals surface area contributed by atoms with Gasteiger partial charge in [0.25, 0.3) is 0 Å². The molecule has 2 aromatic heterocycles. The molecule has 1 aliphatic heterocycles. The van der Waals surface area contributed by atoms with Crippen molar-refractivity contribution in [2.24, 2.45) is 4.99 Å². The first-order chi connectivity index (χ1) is 14.7. The molecule has 0 bridgehead atoms. The summed E-state index contributed by atoms with van der Waals surface area (Å²) >= 11 is 0. The lowest BCUT2D eigenvalue weighted by atomic mass is 10.0. The molecular formula is C23H26N6O. The lowest BCUT2D eigenvalue weighted by molar-refractivity contribution is 0.180. The molecule has 3 aromatic rings. The fraction of sp³-hybridized carbons (Fsp3) is 0.304. The number of anilines is 1. The molecule has 1 fully saturated rings. The number of nitrogens with zero attached hydrogens (tertiary/aromatic N) is 4. The summed E-state index contributed by atoms with van der Waals surface area (Å²) in [4.78, 5) is 19.3. The van der Waals surface area contributed by atoms with Crippen LogP contribution in [0.5, 0.6) is 0 Å². The molecule has 2 N–H and O–H groups in total. The summed E-state index contributed by atoms with van der Waals surface area (Å²) in [6, 6.07) is 15.9. The fourth-order valence-corrected chi connectivity index (χ4v) is 3.78. The second-order valence-corrected chi connectivity index (χ2v) is 7.32. The first-order valence-electron chi connectivity index (χ1n) is 10.2. The average molecular weight is 403 g/mol. The molecule has 1 aromatic carbocycles. The SMILES string of the molecule is COCC1CCCN1c1cccc(N=C(CC(=N)c2ccccc2)c2ncc[nH]2)n1. The van der Waals surface area contributed by atoms with Crippen molar-refractivity contribution in [2.75, 3.05) is 25.2 Å². The highest BCUT2D eigenvalue weighted by atomic mass is 16.5. The maximum absolute atomic E-state index is 8.51. The van der Waals surface area contributed by atoms with Crippen molar-refractivity contribution in [1.82, 2.24) is 15.0 Å². The van der Waals surface area contributed by atoms with Crippen LogP contribution in [0.15, 0.2) is 65.9 Å². The van der Waals surface area contributed by atoms with Gasteiger partial charge in [0, 0.05) is 38.2 Å². The number of nitrogens with one attached hydrogen (secondary N) is 2. The van der Waals surface area contributed by atoms with Gasteiger partial charge in [-0.25, -0.2) is 15.0 Å². The maximum atomic E-state index is 8.51. The van der Waals surface area contributed by atoms with Crippen LogP contribution in [0.25, 0.3) is 0 Å². The summed E-state index contributed by atoms with van der Waals surface area (Å²) in [6.45, 7) is 1.67. The van der Waals surface area contributed by atoms with E-state index in [9.17, 15) is 0 Å². The molecule has 0 aliphatic carbocycles. The van der Waals surface area contributed by atoms with Gasteiger partial charge in [-0.2, -0.15) is 0 Å². The Bertz CT molecular complexity index is 1000. The van der Waals surface area contributed by atoms with E-state index < -0.39 is 0 Å². The second kappa shape index (κ2) is 9.45. The van der Waals surface area contributed by atoms with Crippen LogP contribution in [0.3, 0.4) is 0 Å². The van der Waals surface area contributed by atoms with Gasteiger partial charge in [-0.1, -0.05) is 36.4 Å². The molecule has 7 nitrogen and oxygen atoms in total. The summed E-state index contributed by atoms with van der Waals surface area (Å²) in [6.07, 6.45) is 6.06. The van der Waals surface area contributed by atoms with Crippen molar-refractivity contribution in [2.45, 2.75) is 25.3 Å². The summed E-state index contributed by atoms with van der Waals surface area (Å²) in [5.74, 6) is 2.18. The van der Waals surface area contributed by atoms with Gasteiger partial charge >= 0.3 is 0 Å². The number of imidazole rings is 1. The predicted octanol–water partition coefficient (Wildman–Crippen LogP) is 4.00. The molecule has 3 heterocycles. The predicted molar refractivity (Wildman–Crippen MR) is 119 cm³/mol. The summed E-state index contributed by atoms with van der Waals surface area (Å²) in [7, 11) is 1.74. The number of H-pyrrole nitrogens is 1. The van der Waals surface area contributed by atoms with Crippen molar-refractivity contribution >= 4 is 23.1 Å². The molecule has 154 valence electrons. The lowest BCUT2D eigenvalue weighted by Crippen LogP contribution is -2.33.